The van der Waals surface area contributed by atoms with E-state index in [1.165, 1.54) is 12.1 Å². The predicted molar refractivity (Wildman–Crippen MR) is 122 cm³/mol. The molecule has 1 aliphatic heterocycles. The third-order valence-corrected chi connectivity index (χ3v) is 5.72. The van der Waals surface area contributed by atoms with Crippen molar-refractivity contribution in [3.8, 4) is 17.6 Å². The van der Waals surface area contributed by atoms with Crippen LogP contribution in [0.2, 0.25) is 0 Å². The summed E-state index contributed by atoms with van der Waals surface area (Å²) in [5, 5.41) is 2.60. The largest absolute Gasteiger partial charge is 0.484 e. The van der Waals surface area contributed by atoms with Crippen LogP contribution in [0.1, 0.15) is 54.6 Å². The fourth-order valence-corrected chi connectivity index (χ4v) is 3.98. The topological polar surface area (TPSA) is 58.6 Å². The summed E-state index contributed by atoms with van der Waals surface area (Å²) in [5.74, 6) is 5.31. The molecule has 0 saturated carbocycles. The number of alkyl halides is 3. The average molecular weight is 473 g/mol. The molecule has 2 aromatic rings. The van der Waals surface area contributed by atoms with Gasteiger partial charge in [-0.2, -0.15) is 13.2 Å². The van der Waals surface area contributed by atoms with Crippen molar-refractivity contribution in [2.45, 2.75) is 51.4 Å². The summed E-state index contributed by atoms with van der Waals surface area (Å²) in [7, 11) is 0. The molecular weight excluding hydrogens is 445 g/mol. The molecule has 0 radical (unpaired) electrons. The van der Waals surface area contributed by atoms with Crippen LogP contribution >= 0.6 is 0 Å². The lowest BCUT2D eigenvalue weighted by atomic mass is 9.97. The second kappa shape index (κ2) is 11.1. The van der Waals surface area contributed by atoms with Gasteiger partial charge in [-0.25, -0.2) is 0 Å². The van der Waals surface area contributed by atoms with Crippen molar-refractivity contribution >= 4 is 11.8 Å². The molecule has 0 aliphatic carbocycles. The van der Waals surface area contributed by atoms with Gasteiger partial charge in [-0.3, -0.25) is 9.59 Å². The van der Waals surface area contributed by atoms with E-state index in [1.807, 2.05) is 18.7 Å². The number of piperidine rings is 1. The smallest absolute Gasteiger partial charge is 0.416 e. The monoisotopic (exact) mass is 472 g/mol. The minimum atomic E-state index is -4.43. The number of amides is 2. The van der Waals surface area contributed by atoms with E-state index in [-0.39, 0.29) is 42.6 Å². The SMILES string of the molecule is CC1CCCC(C)N1C(=O)COc1ccc(C(=O)NCC#Cc2cccc(C(F)(F)F)c2)cc1. The fourth-order valence-electron chi connectivity index (χ4n) is 3.98. The molecular formula is C26H27F3N2O3. The van der Waals surface area contributed by atoms with Crippen LogP contribution in [0.4, 0.5) is 13.2 Å². The lowest BCUT2D eigenvalue weighted by Crippen LogP contribution is -2.49. The van der Waals surface area contributed by atoms with Crippen LogP contribution in [-0.2, 0) is 11.0 Å². The Balaban J connectivity index is 1.48. The second-order valence-corrected chi connectivity index (χ2v) is 8.31. The van der Waals surface area contributed by atoms with E-state index in [0.29, 0.717) is 11.3 Å². The molecule has 0 aromatic heterocycles. The number of halogens is 3. The Morgan fingerprint density at radius 1 is 1.09 bits per heavy atom. The molecule has 2 unspecified atom stereocenters. The summed E-state index contributed by atoms with van der Waals surface area (Å²) < 4.78 is 43.9. The summed E-state index contributed by atoms with van der Waals surface area (Å²) in [6, 6.07) is 11.5. The molecule has 0 spiro atoms. The number of hydrogen-bond donors (Lipinski definition) is 1. The van der Waals surface area contributed by atoms with Crippen LogP contribution < -0.4 is 10.1 Å². The van der Waals surface area contributed by atoms with Crippen LogP contribution in [0.3, 0.4) is 0 Å². The molecule has 1 aliphatic rings. The molecule has 1 N–H and O–H groups in total. The van der Waals surface area contributed by atoms with Crippen LogP contribution in [0.5, 0.6) is 5.75 Å². The van der Waals surface area contributed by atoms with Gasteiger partial charge in [0, 0.05) is 23.2 Å². The van der Waals surface area contributed by atoms with Crippen LogP contribution in [0, 0.1) is 11.8 Å². The molecule has 2 atom stereocenters. The van der Waals surface area contributed by atoms with E-state index in [0.717, 1.165) is 31.4 Å². The molecule has 2 aromatic carbocycles. The van der Waals surface area contributed by atoms with Crippen molar-refractivity contribution in [1.82, 2.24) is 10.2 Å². The van der Waals surface area contributed by atoms with Gasteiger partial charge in [0.05, 0.1) is 12.1 Å². The van der Waals surface area contributed by atoms with E-state index >= 15 is 0 Å². The van der Waals surface area contributed by atoms with Crippen LogP contribution in [0.15, 0.2) is 48.5 Å². The minimum absolute atomic E-state index is 0.0198. The Morgan fingerprint density at radius 2 is 1.76 bits per heavy atom. The number of hydrogen-bond acceptors (Lipinski definition) is 3. The standard InChI is InChI=1S/C26H27F3N2O3/c1-18-6-3-7-19(2)31(18)24(32)17-34-23-13-11-21(12-14-23)25(33)30-15-5-9-20-8-4-10-22(16-20)26(27,28)29/h4,8,10-14,16,18-19H,3,6-7,15,17H2,1-2H3,(H,30,33). The van der Waals surface area contributed by atoms with Crippen molar-refractivity contribution in [1.29, 1.82) is 0 Å². The minimum Gasteiger partial charge on any atom is -0.484 e. The number of nitrogens with one attached hydrogen (secondary N) is 1. The van der Waals surface area contributed by atoms with Gasteiger partial charge in [0.2, 0.25) is 0 Å². The van der Waals surface area contributed by atoms with E-state index in [4.69, 9.17) is 4.74 Å². The summed E-state index contributed by atoms with van der Waals surface area (Å²) in [6.45, 7) is 4.01. The first-order valence-corrected chi connectivity index (χ1v) is 11.1. The molecule has 1 fully saturated rings. The van der Waals surface area contributed by atoms with Crippen molar-refractivity contribution in [2.75, 3.05) is 13.2 Å². The molecule has 0 bridgehead atoms. The first-order valence-electron chi connectivity index (χ1n) is 11.1. The highest BCUT2D eigenvalue weighted by atomic mass is 19.4. The lowest BCUT2D eigenvalue weighted by molar-refractivity contribution is -0.139. The molecule has 180 valence electrons. The molecule has 1 heterocycles. The molecule has 3 rings (SSSR count). The molecule has 34 heavy (non-hydrogen) atoms. The fraction of sp³-hybridized carbons (Fsp3) is 0.385. The highest BCUT2D eigenvalue weighted by Crippen LogP contribution is 2.29. The van der Waals surface area contributed by atoms with Crippen molar-refractivity contribution in [3.05, 3.63) is 65.2 Å². The zero-order valence-electron chi connectivity index (χ0n) is 19.1. The average Bonchev–Trinajstić information content (AvgIpc) is 2.80. The van der Waals surface area contributed by atoms with Crippen molar-refractivity contribution in [3.63, 3.8) is 0 Å². The van der Waals surface area contributed by atoms with Crippen LogP contribution in [0.25, 0.3) is 0 Å². The maximum Gasteiger partial charge on any atom is 0.416 e. The summed E-state index contributed by atoms with van der Waals surface area (Å²) in [5.41, 5.74) is -0.182. The number of benzene rings is 2. The second-order valence-electron chi connectivity index (χ2n) is 8.31. The molecule has 5 nitrogen and oxygen atoms in total. The molecule has 8 heteroatoms. The number of nitrogens with zero attached hydrogens (tertiary/aromatic N) is 1. The van der Waals surface area contributed by atoms with E-state index in [1.54, 1.807) is 24.3 Å². The maximum absolute atomic E-state index is 12.7. The molecule has 2 amide bonds. The lowest BCUT2D eigenvalue weighted by Gasteiger charge is -2.38. The Morgan fingerprint density at radius 3 is 2.41 bits per heavy atom. The van der Waals surface area contributed by atoms with Gasteiger partial charge in [0.15, 0.2) is 6.61 Å². The van der Waals surface area contributed by atoms with Crippen molar-refractivity contribution in [2.24, 2.45) is 0 Å². The Hall–Kier alpha value is -3.47. The Bertz CT molecular complexity index is 1060. The van der Waals surface area contributed by atoms with E-state index in [9.17, 15) is 22.8 Å². The summed E-state index contributed by atoms with van der Waals surface area (Å²) in [4.78, 5) is 26.7. The van der Waals surface area contributed by atoms with E-state index in [2.05, 4.69) is 17.2 Å². The Labute approximate surface area is 197 Å². The summed E-state index contributed by atoms with van der Waals surface area (Å²) in [6.07, 6.45) is -1.33. The first kappa shape index (κ1) is 25.2. The van der Waals surface area contributed by atoms with Crippen molar-refractivity contribution < 1.29 is 27.5 Å². The summed E-state index contributed by atoms with van der Waals surface area (Å²) >= 11 is 0. The normalized spacial score (nSPS) is 18.0. The number of likely N-dealkylation sites (tertiary alicyclic amines) is 1. The third kappa shape index (κ3) is 6.77. The number of rotatable bonds is 5. The quantitative estimate of drug-likeness (QED) is 0.645. The van der Waals surface area contributed by atoms with Gasteiger partial charge >= 0.3 is 6.18 Å². The van der Waals surface area contributed by atoms with Gasteiger partial charge in [-0.1, -0.05) is 17.9 Å². The number of carbonyl (C=O) groups is 2. The predicted octanol–water partition coefficient (Wildman–Crippen LogP) is 4.66. The van der Waals surface area contributed by atoms with Gasteiger partial charge in [-0.05, 0) is 75.6 Å². The highest BCUT2D eigenvalue weighted by Gasteiger charge is 2.30. The zero-order chi connectivity index (χ0) is 24.7. The zero-order valence-corrected chi connectivity index (χ0v) is 19.1. The van der Waals surface area contributed by atoms with Gasteiger partial charge < -0.3 is 15.0 Å². The van der Waals surface area contributed by atoms with Gasteiger partial charge in [0.1, 0.15) is 5.75 Å². The van der Waals surface area contributed by atoms with Crippen LogP contribution in [-0.4, -0.2) is 41.9 Å². The number of carbonyl (C=O) groups excluding carboxylic acids is 2. The maximum atomic E-state index is 12.7. The van der Waals surface area contributed by atoms with E-state index < -0.39 is 11.7 Å². The van der Waals surface area contributed by atoms with Gasteiger partial charge in [0.25, 0.3) is 11.8 Å². The van der Waals surface area contributed by atoms with Gasteiger partial charge in [-0.15, -0.1) is 0 Å². The number of ether oxygens (including phenoxy) is 1. The third-order valence-electron chi connectivity index (χ3n) is 5.72. The Kier molecular flexibility index (Phi) is 8.21. The highest BCUT2D eigenvalue weighted by molar-refractivity contribution is 5.94. The molecule has 1 saturated heterocycles. The first-order chi connectivity index (χ1) is 16.1.